The highest BCUT2D eigenvalue weighted by atomic mass is 16.5. The smallest absolute Gasteiger partial charge is 0.140 e. The molecule has 21 heavy (non-hydrogen) atoms. The Morgan fingerprint density at radius 2 is 2.00 bits per heavy atom. The number of ether oxygens (including phenoxy) is 1. The van der Waals surface area contributed by atoms with Gasteiger partial charge in [0.2, 0.25) is 0 Å². The average molecular weight is 277 g/mol. The van der Waals surface area contributed by atoms with E-state index in [9.17, 15) is 0 Å². The van der Waals surface area contributed by atoms with E-state index < -0.39 is 0 Å². The number of aromatic nitrogens is 3. The lowest BCUT2D eigenvalue weighted by atomic mass is 10.2. The molecule has 0 amide bonds. The number of fused-ring (bicyclic) bond motifs is 2. The number of benzene rings is 2. The van der Waals surface area contributed by atoms with E-state index >= 15 is 0 Å². The molecule has 0 bridgehead atoms. The van der Waals surface area contributed by atoms with Gasteiger partial charge in [-0.3, -0.25) is 0 Å². The summed E-state index contributed by atoms with van der Waals surface area (Å²) in [5, 5.41) is 1.20. The molecule has 0 fully saturated rings. The SMILES string of the molecule is COc1ccc2nc(-c3cn(C)c4ccccc34)[nH]c2c1. The molecule has 104 valence electrons. The van der Waals surface area contributed by atoms with E-state index in [1.54, 1.807) is 7.11 Å². The average Bonchev–Trinajstić information content (AvgIpc) is 3.08. The van der Waals surface area contributed by atoms with Gasteiger partial charge < -0.3 is 14.3 Å². The number of H-pyrrole nitrogens is 1. The molecule has 4 nitrogen and oxygen atoms in total. The highest BCUT2D eigenvalue weighted by molar-refractivity contribution is 5.96. The number of nitrogens with one attached hydrogen (secondary N) is 1. The summed E-state index contributed by atoms with van der Waals surface area (Å²) in [6.07, 6.45) is 2.11. The van der Waals surface area contributed by atoms with Crippen molar-refractivity contribution in [3.63, 3.8) is 0 Å². The first-order valence-electron chi connectivity index (χ1n) is 6.84. The van der Waals surface area contributed by atoms with Crippen LogP contribution in [0.5, 0.6) is 5.75 Å². The van der Waals surface area contributed by atoms with Crippen molar-refractivity contribution < 1.29 is 4.74 Å². The largest absolute Gasteiger partial charge is 0.497 e. The van der Waals surface area contributed by atoms with Crippen LogP contribution in [0.25, 0.3) is 33.3 Å². The predicted molar refractivity (Wildman–Crippen MR) is 84.6 cm³/mol. The Bertz CT molecular complexity index is 949. The van der Waals surface area contributed by atoms with Gasteiger partial charge in [0, 0.05) is 35.8 Å². The highest BCUT2D eigenvalue weighted by Gasteiger charge is 2.12. The van der Waals surface area contributed by atoms with Gasteiger partial charge in [-0.05, 0) is 18.2 Å². The fourth-order valence-corrected chi connectivity index (χ4v) is 2.77. The zero-order valence-corrected chi connectivity index (χ0v) is 11.9. The Morgan fingerprint density at radius 1 is 1.14 bits per heavy atom. The Hall–Kier alpha value is -2.75. The van der Waals surface area contributed by atoms with Gasteiger partial charge >= 0.3 is 0 Å². The Kier molecular flexibility index (Phi) is 2.51. The maximum atomic E-state index is 5.26. The van der Waals surface area contributed by atoms with Gasteiger partial charge in [-0.15, -0.1) is 0 Å². The number of aryl methyl sites for hydroxylation is 1. The summed E-state index contributed by atoms with van der Waals surface area (Å²) in [5.41, 5.74) is 4.24. The van der Waals surface area contributed by atoms with Gasteiger partial charge in [0.1, 0.15) is 11.6 Å². The number of imidazole rings is 1. The molecule has 0 atom stereocenters. The zero-order chi connectivity index (χ0) is 14.4. The van der Waals surface area contributed by atoms with Crippen molar-refractivity contribution in [1.29, 1.82) is 0 Å². The molecule has 1 N–H and O–H groups in total. The molecule has 2 aromatic heterocycles. The van der Waals surface area contributed by atoms with E-state index in [2.05, 4.69) is 47.1 Å². The number of methoxy groups -OCH3 is 1. The lowest BCUT2D eigenvalue weighted by Gasteiger charge is -1.96. The van der Waals surface area contributed by atoms with Gasteiger partial charge in [-0.1, -0.05) is 18.2 Å². The first-order valence-corrected chi connectivity index (χ1v) is 6.84. The number of hydrogen-bond acceptors (Lipinski definition) is 2. The lowest BCUT2D eigenvalue weighted by Crippen LogP contribution is -1.82. The fourth-order valence-electron chi connectivity index (χ4n) is 2.77. The van der Waals surface area contributed by atoms with Crippen molar-refractivity contribution >= 4 is 21.9 Å². The van der Waals surface area contributed by atoms with Crippen molar-refractivity contribution in [3.05, 3.63) is 48.7 Å². The van der Waals surface area contributed by atoms with Crippen LogP contribution in [0.15, 0.2) is 48.7 Å². The minimum Gasteiger partial charge on any atom is -0.497 e. The van der Waals surface area contributed by atoms with Gasteiger partial charge in [-0.25, -0.2) is 4.98 Å². The van der Waals surface area contributed by atoms with Gasteiger partial charge in [0.25, 0.3) is 0 Å². The molecule has 0 saturated heterocycles. The summed E-state index contributed by atoms with van der Waals surface area (Å²) in [6.45, 7) is 0. The summed E-state index contributed by atoms with van der Waals surface area (Å²) in [6, 6.07) is 14.2. The number of hydrogen-bond donors (Lipinski definition) is 1. The number of nitrogens with zero attached hydrogens (tertiary/aromatic N) is 2. The van der Waals surface area contributed by atoms with Crippen molar-refractivity contribution in [2.24, 2.45) is 7.05 Å². The summed E-state index contributed by atoms with van der Waals surface area (Å²) < 4.78 is 7.38. The third-order valence-electron chi connectivity index (χ3n) is 3.84. The Labute approximate surface area is 122 Å². The normalized spacial score (nSPS) is 11.3. The lowest BCUT2D eigenvalue weighted by molar-refractivity contribution is 0.415. The second-order valence-corrected chi connectivity index (χ2v) is 5.14. The van der Waals surface area contributed by atoms with Crippen LogP contribution in [0.1, 0.15) is 0 Å². The van der Waals surface area contributed by atoms with E-state index in [1.165, 1.54) is 10.9 Å². The topological polar surface area (TPSA) is 42.8 Å². The fraction of sp³-hybridized carbons (Fsp3) is 0.118. The van der Waals surface area contributed by atoms with Gasteiger partial charge in [0.15, 0.2) is 0 Å². The summed E-state index contributed by atoms with van der Waals surface area (Å²) in [4.78, 5) is 8.09. The molecule has 4 heteroatoms. The predicted octanol–water partition coefficient (Wildman–Crippen LogP) is 3.73. The van der Waals surface area contributed by atoms with Crippen LogP contribution in [0.2, 0.25) is 0 Å². The van der Waals surface area contributed by atoms with Crippen LogP contribution in [0.3, 0.4) is 0 Å². The van der Waals surface area contributed by atoms with E-state index in [0.29, 0.717) is 0 Å². The third kappa shape index (κ3) is 1.80. The molecular formula is C17H15N3O. The first kappa shape index (κ1) is 12.0. The van der Waals surface area contributed by atoms with Crippen molar-refractivity contribution in [2.45, 2.75) is 0 Å². The standard InChI is InChI=1S/C17H15N3O/c1-20-10-13(12-5-3-4-6-16(12)20)17-18-14-8-7-11(21-2)9-15(14)19-17/h3-10H,1-2H3,(H,18,19). The summed E-state index contributed by atoms with van der Waals surface area (Å²) in [7, 11) is 3.72. The molecule has 0 saturated carbocycles. The van der Waals surface area contributed by atoms with Crippen molar-refractivity contribution in [3.8, 4) is 17.1 Å². The molecule has 0 aliphatic heterocycles. The highest BCUT2D eigenvalue weighted by Crippen LogP contribution is 2.30. The van der Waals surface area contributed by atoms with E-state index in [4.69, 9.17) is 9.72 Å². The Balaban J connectivity index is 1.96. The molecule has 0 spiro atoms. The van der Waals surface area contributed by atoms with Crippen molar-refractivity contribution in [2.75, 3.05) is 7.11 Å². The van der Waals surface area contributed by atoms with E-state index in [1.807, 2.05) is 18.2 Å². The monoisotopic (exact) mass is 277 g/mol. The molecule has 2 aromatic carbocycles. The molecule has 0 aliphatic rings. The van der Waals surface area contributed by atoms with E-state index in [0.717, 1.165) is 28.2 Å². The van der Waals surface area contributed by atoms with Gasteiger partial charge in [0.05, 0.1) is 18.1 Å². The van der Waals surface area contributed by atoms with Gasteiger partial charge in [-0.2, -0.15) is 0 Å². The van der Waals surface area contributed by atoms with Crippen molar-refractivity contribution in [1.82, 2.24) is 14.5 Å². The van der Waals surface area contributed by atoms with Crippen LogP contribution in [-0.4, -0.2) is 21.6 Å². The number of rotatable bonds is 2. The molecule has 4 aromatic rings. The molecule has 0 radical (unpaired) electrons. The van der Waals surface area contributed by atoms with Crippen LogP contribution in [-0.2, 0) is 7.05 Å². The summed E-state index contributed by atoms with van der Waals surface area (Å²) in [5.74, 6) is 1.71. The second kappa shape index (κ2) is 4.38. The zero-order valence-electron chi connectivity index (χ0n) is 11.9. The second-order valence-electron chi connectivity index (χ2n) is 5.14. The molecule has 0 aliphatic carbocycles. The molecular weight excluding hydrogens is 262 g/mol. The van der Waals surface area contributed by atoms with Crippen LogP contribution < -0.4 is 4.74 Å². The summed E-state index contributed by atoms with van der Waals surface area (Å²) >= 11 is 0. The van der Waals surface area contributed by atoms with E-state index in [-0.39, 0.29) is 0 Å². The quantitative estimate of drug-likeness (QED) is 0.606. The Morgan fingerprint density at radius 3 is 2.86 bits per heavy atom. The third-order valence-corrected chi connectivity index (χ3v) is 3.84. The molecule has 2 heterocycles. The molecule has 4 rings (SSSR count). The van der Waals surface area contributed by atoms with Crippen LogP contribution in [0, 0.1) is 0 Å². The number of para-hydroxylation sites is 1. The minimum absolute atomic E-state index is 0.829. The molecule has 0 unspecified atom stereocenters. The van der Waals surface area contributed by atoms with Crippen LogP contribution >= 0.6 is 0 Å². The maximum absolute atomic E-state index is 5.26. The first-order chi connectivity index (χ1) is 10.3. The minimum atomic E-state index is 0.829. The maximum Gasteiger partial charge on any atom is 0.140 e. The van der Waals surface area contributed by atoms with Crippen LogP contribution in [0.4, 0.5) is 0 Å². The number of aromatic amines is 1.